The van der Waals surface area contributed by atoms with Crippen LogP contribution in [0.3, 0.4) is 0 Å². The van der Waals surface area contributed by atoms with Crippen LogP contribution in [-0.4, -0.2) is 88.1 Å². The Labute approximate surface area is 296 Å². The topological polar surface area (TPSA) is 135 Å². The highest BCUT2D eigenvalue weighted by atomic mass is 35.5. The van der Waals surface area contributed by atoms with Crippen LogP contribution in [0.4, 0.5) is 28.0 Å². The zero-order valence-corrected chi connectivity index (χ0v) is 29.0. The number of likely N-dealkylation sites (tertiary alicyclic amines) is 2. The first kappa shape index (κ1) is 37.4. The highest BCUT2D eigenvalue weighted by Crippen LogP contribution is 2.31. The molecule has 17 heteroatoms. The standard InChI is InChI=1S/C34H37ClF4N6O6/c1-34(2,3)51-33(49)45-16-18(17-45)14-41-29(46)19-9-11-44(12-10-19)31(48)21-6-5-20(13-23(21)35)42-30(47)28-40-15-24(43(28)4)22-7-8-25(50-32(38)39)27(37)26(22)36/h5-8,13,15,18-19,32H,9-12,14,16-17H2,1-4H3,(H,41,46)(H,42,47). The van der Waals surface area contributed by atoms with Crippen LogP contribution in [0.25, 0.3) is 11.3 Å². The third kappa shape index (κ3) is 8.72. The van der Waals surface area contributed by atoms with E-state index in [2.05, 4.69) is 20.4 Å². The summed E-state index contributed by atoms with van der Waals surface area (Å²) in [6.45, 7) is 4.23. The van der Waals surface area contributed by atoms with Crippen LogP contribution in [-0.2, 0) is 16.6 Å². The van der Waals surface area contributed by atoms with Crippen LogP contribution in [0.1, 0.15) is 54.6 Å². The second-order valence-electron chi connectivity index (χ2n) is 13.4. The van der Waals surface area contributed by atoms with Crippen molar-refractivity contribution in [2.24, 2.45) is 18.9 Å². The molecule has 0 unspecified atom stereocenters. The lowest BCUT2D eigenvalue weighted by molar-refractivity contribution is -0.126. The number of amides is 4. The van der Waals surface area contributed by atoms with Crippen molar-refractivity contribution in [2.45, 2.75) is 45.8 Å². The van der Waals surface area contributed by atoms with Crippen molar-refractivity contribution in [2.75, 3.05) is 38.0 Å². The van der Waals surface area contributed by atoms with Gasteiger partial charge >= 0.3 is 12.7 Å². The predicted molar refractivity (Wildman–Crippen MR) is 178 cm³/mol. The monoisotopic (exact) mass is 736 g/mol. The van der Waals surface area contributed by atoms with Gasteiger partial charge in [-0.3, -0.25) is 14.4 Å². The summed E-state index contributed by atoms with van der Waals surface area (Å²) in [5.41, 5.74) is -0.480. The van der Waals surface area contributed by atoms with E-state index in [4.69, 9.17) is 16.3 Å². The van der Waals surface area contributed by atoms with Crippen LogP contribution >= 0.6 is 11.6 Å². The molecule has 0 radical (unpaired) electrons. The van der Waals surface area contributed by atoms with Gasteiger partial charge in [-0.25, -0.2) is 14.2 Å². The van der Waals surface area contributed by atoms with E-state index in [0.717, 1.165) is 18.3 Å². The minimum absolute atomic E-state index is 0.00891. The van der Waals surface area contributed by atoms with Gasteiger partial charge in [-0.05, 0) is 63.9 Å². The third-order valence-corrected chi connectivity index (χ3v) is 8.83. The fourth-order valence-corrected chi connectivity index (χ4v) is 6.08. The Morgan fingerprint density at radius 3 is 2.33 bits per heavy atom. The van der Waals surface area contributed by atoms with Crippen molar-refractivity contribution in [3.63, 3.8) is 0 Å². The predicted octanol–water partition coefficient (Wildman–Crippen LogP) is 5.71. The number of imidazole rings is 1. The first-order chi connectivity index (χ1) is 24.0. The number of benzene rings is 2. The molecule has 0 aliphatic carbocycles. The Kier molecular flexibility index (Phi) is 11.1. The van der Waals surface area contributed by atoms with E-state index in [-0.39, 0.29) is 63.1 Å². The number of alkyl halides is 2. The lowest BCUT2D eigenvalue weighted by Gasteiger charge is -2.40. The molecule has 0 saturated carbocycles. The third-order valence-electron chi connectivity index (χ3n) is 8.51. The Hall–Kier alpha value is -4.86. The number of hydrogen-bond acceptors (Lipinski definition) is 7. The minimum atomic E-state index is -3.35. The highest BCUT2D eigenvalue weighted by molar-refractivity contribution is 6.34. The normalized spacial score (nSPS) is 15.4. The molecule has 0 atom stereocenters. The van der Waals surface area contributed by atoms with Crippen molar-refractivity contribution in [3.05, 3.63) is 64.6 Å². The Bertz CT molecular complexity index is 1820. The van der Waals surface area contributed by atoms with Crippen molar-refractivity contribution < 1.29 is 46.2 Å². The maximum atomic E-state index is 14.7. The molecule has 2 fully saturated rings. The molecule has 12 nitrogen and oxygen atoms in total. The number of aromatic nitrogens is 2. The van der Waals surface area contributed by atoms with Crippen LogP contribution in [0.2, 0.25) is 5.02 Å². The lowest BCUT2D eigenvalue weighted by atomic mass is 9.94. The molecule has 51 heavy (non-hydrogen) atoms. The number of nitrogens with one attached hydrogen (secondary N) is 2. The molecule has 1 aromatic heterocycles. The van der Waals surface area contributed by atoms with Gasteiger partial charge in [0.2, 0.25) is 11.7 Å². The summed E-state index contributed by atoms with van der Waals surface area (Å²) >= 11 is 6.44. The van der Waals surface area contributed by atoms with Gasteiger partial charge < -0.3 is 34.5 Å². The number of halogens is 5. The number of hydrogen-bond donors (Lipinski definition) is 2. The molecular formula is C34H37ClF4N6O6. The smallest absolute Gasteiger partial charge is 0.410 e. The van der Waals surface area contributed by atoms with Crippen LogP contribution in [0, 0.1) is 23.5 Å². The van der Waals surface area contributed by atoms with Gasteiger partial charge in [-0.15, -0.1) is 0 Å². The minimum Gasteiger partial charge on any atom is -0.444 e. The van der Waals surface area contributed by atoms with E-state index in [9.17, 15) is 36.7 Å². The number of ether oxygens (including phenoxy) is 2. The zero-order valence-electron chi connectivity index (χ0n) is 28.3. The fraction of sp³-hybridized carbons (Fsp3) is 0.441. The van der Waals surface area contributed by atoms with Gasteiger partial charge in [-0.2, -0.15) is 13.2 Å². The van der Waals surface area contributed by atoms with Gasteiger partial charge in [0.25, 0.3) is 11.8 Å². The number of nitrogens with zero attached hydrogens (tertiary/aromatic N) is 4. The van der Waals surface area contributed by atoms with Crippen molar-refractivity contribution in [1.29, 1.82) is 0 Å². The van der Waals surface area contributed by atoms with Gasteiger partial charge in [0.05, 0.1) is 22.5 Å². The highest BCUT2D eigenvalue weighted by Gasteiger charge is 2.35. The average Bonchev–Trinajstić information content (AvgIpc) is 3.42. The Morgan fingerprint density at radius 1 is 1.02 bits per heavy atom. The van der Waals surface area contributed by atoms with Gasteiger partial charge in [0.1, 0.15) is 5.60 Å². The largest absolute Gasteiger partial charge is 0.444 e. The van der Waals surface area contributed by atoms with E-state index in [1.807, 2.05) is 0 Å². The molecule has 2 saturated heterocycles. The molecule has 3 aromatic rings. The Balaban J connectivity index is 1.11. The second kappa shape index (κ2) is 15.2. The molecule has 2 aliphatic heterocycles. The van der Waals surface area contributed by atoms with Crippen LogP contribution in [0.5, 0.6) is 5.75 Å². The number of carbonyl (C=O) groups is 4. The summed E-state index contributed by atoms with van der Waals surface area (Å²) in [5, 5.41) is 5.63. The fourth-order valence-electron chi connectivity index (χ4n) is 5.82. The number of piperidine rings is 1. The number of rotatable bonds is 9. The van der Waals surface area contributed by atoms with E-state index in [1.54, 1.807) is 30.6 Å². The molecule has 0 spiro atoms. The molecule has 5 rings (SSSR count). The molecule has 2 aliphatic rings. The summed E-state index contributed by atoms with van der Waals surface area (Å²) in [6, 6.07) is 6.20. The second-order valence-corrected chi connectivity index (χ2v) is 13.8. The van der Waals surface area contributed by atoms with Gasteiger partial charge in [-0.1, -0.05) is 11.6 Å². The van der Waals surface area contributed by atoms with E-state index < -0.39 is 35.5 Å². The van der Waals surface area contributed by atoms with E-state index in [0.29, 0.717) is 45.6 Å². The molecule has 274 valence electrons. The molecule has 3 heterocycles. The average molecular weight is 737 g/mol. The van der Waals surface area contributed by atoms with Crippen molar-refractivity contribution in [1.82, 2.24) is 24.7 Å². The molecular weight excluding hydrogens is 700 g/mol. The lowest BCUT2D eigenvalue weighted by Crippen LogP contribution is -2.55. The quantitative estimate of drug-likeness (QED) is 0.269. The maximum absolute atomic E-state index is 14.7. The summed E-state index contributed by atoms with van der Waals surface area (Å²) in [5.74, 6) is -5.48. The summed E-state index contributed by atoms with van der Waals surface area (Å²) in [7, 11) is 1.38. The van der Waals surface area contributed by atoms with Crippen LogP contribution in [0.15, 0.2) is 36.5 Å². The summed E-state index contributed by atoms with van der Waals surface area (Å²) in [4.78, 5) is 58.4. The molecule has 4 amide bonds. The van der Waals surface area contributed by atoms with Gasteiger partial charge in [0, 0.05) is 62.9 Å². The molecule has 2 aromatic carbocycles. The number of carbonyl (C=O) groups excluding carboxylic acids is 4. The summed E-state index contributed by atoms with van der Waals surface area (Å²) in [6.07, 6.45) is 1.69. The van der Waals surface area contributed by atoms with Crippen molar-refractivity contribution in [3.8, 4) is 17.0 Å². The van der Waals surface area contributed by atoms with E-state index in [1.165, 1.54) is 29.8 Å². The maximum Gasteiger partial charge on any atom is 0.410 e. The summed E-state index contributed by atoms with van der Waals surface area (Å²) < 4.78 is 64.5. The zero-order chi connectivity index (χ0) is 37.2. The molecule has 0 bridgehead atoms. The van der Waals surface area contributed by atoms with E-state index >= 15 is 0 Å². The van der Waals surface area contributed by atoms with Gasteiger partial charge in [0.15, 0.2) is 17.4 Å². The Morgan fingerprint density at radius 2 is 1.71 bits per heavy atom. The van der Waals surface area contributed by atoms with Crippen LogP contribution < -0.4 is 15.4 Å². The first-order valence-corrected chi connectivity index (χ1v) is 16.5. The SMILES string of the molecule is Cn1c(-c2ccc(OC(F)F)c(F)c2F)cnc1C(=O)Nc1ccc(C(=O)N2CCC(C(=O)NCC3CN(C(=O)OC(C)(C)C)C3)CC2)c(Cl)c1. The first-order valence-electron chi connectivity index (χ1n) is 16.1. The molecule has 2 N–H and O–H groups in total. The van der Waals surface area contributed by atoms with Crippen molar-refractivity contribution >= 4 is 41.1 Å². The number of anilines is 1.